The summed E-state index contributed by atoms with van der Waals surface area (Å²) >= 11 is 0. The molecule has 20 heavy (non-hydrogen) atoms. The molecular formula is C14H25F3N2O. The monoisotopic (exact) mass is 294 g/mol. The highest BCUT2D eigenvalue weighted by Gasteiger charge is 2.34. The molecule has 1 aliphatic rings. The molecule has 1 fully saturated rings. The summed E-state index contributed by atoms with van der Waals surface area (Å²) in [7, 11) is 0. The first-order valence-electron chi connectivity index (χ1n) is 7.27. The van der Waals surface area contributed by atoms with E-state index in [1.54, 1.807) is 0 Å². The summed E-state index contributed by atoms with van der Waals surface area (Å²) in [6.07, 6.45) is 1.33. The highest BCUT2D eigenvalue weighted by molar-refractivity contribution is 5.78. The smallest absolute Gasteiger partial charge is 0.354 e. The Morgan fingerprint density at radius 1 is 1.25 bits per heavy atom. The molecule has 0 aliphatic heterocycles. The molecule has 1 aliphatic carbocycles. The Morgan fingerprint density at radius 3 is 2.35 bits per heavy atom. The third-order valence-electron chi connectivity index (χ3n) is 3.78. The van der Waals surface area contributed by atoms with Crippen LogP contribution in [0.15, 0.2) is 0 Å². The van der Waals surface area contributed by atoms with Gasteiger partial charge >= 0.3 is 6.18 Å². The minimum absolute atomic E-state index is 0.147. The Bertz CT molecular complexity index is 310. The van der Waals surface area contributed by atoms with Gasteiger partial charge in [-0.2, -0.15) is 13.2 Å². The lowest BCUT2D eigenvalue weighted by atomic mass is 9.78. The zero-order chi connectivity index (χ0) is 15.2. The molecule has 0 atom stereocenters. The van der Waals surface area contributed by atoms with Crippen LogP contribution in [-0.4, -0.2) is 31.7 Å². The van der Waals surface area contributed by atoms with Crippen LogP contribution in [0.25, 0.3) is 0 Å². The number of nitrogens with one attached hydrogen (secondary N) is 2. The van der Waals surface area contributed by atoms with Crippen LogP contribution in [0.2, 0.25) is 0 Å². The molecule has 0 saturated heterocycles. The SMILES string of the molecule is CC(C)CC1(CNC(=O)CNCC(F)(F)F)CCCC1. The number of hydrogen-bond donors (Lipinski definition) is 2. The summed E-state index contributed by atoms with van der Waals surface area (Å²) in [6.45, 7) is 3.49. The van der Waals surface area contributed by atoms with Crippen LogP contribution in [0, 0.1) is 11.3 Å². The number of amides is 1. The second kappa shape index (κ2) is 7.29. The van der Waals surface area contributed by atoms with E-state index in [1.165, 1.54) is 12.8 Å². The predicted molar refractivity (Wildman–Crippen MR) is 72.3 cm³/mol. The third-order valence-corrected chi connectivity index (χ3v) is 3.78. The van der Waals surface area contributed by atoms with Gasteiger partial charge in [0, 0.05) is 6.54 Å². The van der Waals surface area contributed by atoms with Crippen molar-refractivity contribution < 1.29 is 18.0 Å². The Labute approximate surface area is 118 Å². The van der Waals surface area contributed by atoms with Crippen molar-refractivity contribution in [2.45, 2.75) is 52.1 Å². The molecule has 0 radical (unpaired) electrons. The number of carbonyl (C=O) groups excluding carboxylic acids is 1. The summed E-state index contributed by atoms with van der Waals surface area (Å²) in [5.74, 6) is 0.206. The van der Waals surface area contributed by atoms with Crippen LogP contribution in [-0.2, 0) is 4.79 Å². The van der Waals surface area contributed by atoms with Crippen LogP contribution >= 0.6 is 0 Å². The Kier molecular flexibility index (Phi) is 6.30. The van der Waals surface area contributed by atoms with Crippen molar-refractivity contribution >= 4 is 5.91 Å². The van der Waals surface area contributed by atoms with Crippen molar-refractivity contribution in [1.29, 1.82) is 0 Å². The molecule has 0 unspecified atom stereocenters. The first kappa shape index (κ1) is 17.3. The van der Waals surface area contributed by atoms with E-state index in [1.807, 2.05) is 0 Å². The van der Waals surface area contributed by atoms with Gasteiger partial charge in [-0.05, 0) is 30.6 Å². The molecule has 118 valence electrons. The second-order valence-electron chi connectivity index (χ2n) is 6.30. The number of alkyl halides is 3. The molecule has 3 nitrogen and oxygen atoms in total. The van der Waals surface area contributed by atoms with E-state index >= 15 is 0 Å². The molecule has 0 heterocycles. The lowest BCUT2D eigenvalue weighted by molar-refractivity contribution is -0.128. The maximum atomic E-state index is 11.9. The third kappa shape index (κ3) is 6.59. The van der Waals surface area contributed by atoms with E-state index in [-0.39, 0.29) is 17.9 Å². The maximum Gasteiger partial charge on any atom is 0.401 e. The molecule has 0 aromatic carbocycles. The van der Waals surface area contributed by atoms with Gasteiger partial charge < -0.3 is 10.6 Å². The summed E-state index contributed by atoms with van der Waals surface area (Å²) < 4.78 is 35.8. The number of hydrogen-bond acceptors (Lipinski definition) is 2. The van der Waals surface area contributed by atoms with E-state index in [0.29, 0.717) is 12.5 Å². The predicted octanol–water partition coefficient (Wildman–Crippen LogP) is 2.86. The zero-order valence-electron chi connectivity index (χ0n) is 12.3. The quantitative estimate of drug-likeness (QED) is 0.758. The van der Waals surface area contributed by atoms with Crippen molar-refractivity contribution in [3.63, 3.8) is 0 Å². The first-order valence-corrected chi connectivity index (χ1v) is 7.27. The minimum Gasteiger partial charge on any atom is -0.354 e. The average Bonchev–Trinajstić information content (AvgIpc) is 2.73. The molecule has 2 N–H and O–H groups in total. The lowest BCUT2D eigenvalue weighted by Gasteiger charge is -2.31. The fraction of sp³-hybridized carbons (Fsp3) is 0.929. The van der Waals surface area contributed by atoms with Gasteiger partial charge in [-0.25, -0.2) is 0 Å². The van der Waals surface area contributed by atoms with Crippen LogP contribution < -0.4 is 10.6 Å². The molecule has 0 bridgehead atoms. The van der Waals surface area contributed by atoms with Gasteiger partial charge in [0.1, 0.15) is 0 Å². The van der Waals surface area contributed by atoms with E-state index in [4.69, 9.17) is 0 Å². The van der Waals surface area contributed by atoms with Gasteiger partial charge in [-0.1, -0.05) is 26.7 Å². The van der Waals surface area contributed by atoms with Crippen LogP contribution in [0.3, 0.4) is 0 Å². The van der Waals surface area contributed by atoms with Gasteiger partial charge in [0.15, 0.2) is 0 Å². The Balaban J connectivity index is 2.31. The molecule has 0 aromatic heterocycles. The lowest BCUT2D eigenvalue weighted by Crippen LogP contribution is -2.42. The van der Waals surface area contributed by atoms with Crippen LogP contribution in [0.4, 0.5) is 13.2 Å². The summed E-state index contributed by atoms with van der Waals surface area (Å²) in [4.78, 5) is 11.6. The maximum absolute atomic E-state index is 11.9. The van der Waals surface area contributed by atoms with E-state index < -0.39 is 12.7 Å². The molecule has 0 spiro atoms. The normalized spacial score (nSPS) is 18.5. The Morgan fingerprint density at radius 2 is 1.85 bits per heavy atom. The van der Waals surface area contributed by atoms with Crippen molar-refractivity contribution in [2.24, 2.45) is 11.3 Å². The van der Waals surface area contributed by atoms with Gasteiger partial charge in [-0.3, -0.25) is 4.79 Å². The van der Waals surface area contributed by atoms with E-state index in [0.717, 1.165) is 19.3 Å². The molecule has 6 heteroatoms. The van der Waals surface area contributed by atoms with Gasteiger partial charge in [0.25, 0.3) is 0 Å². The highest BCUT2D eigenvalue weighted by Crippen LogP contribution is 2.42. The van der Waals surface area contributed by atoms with Crippen molar-refractivity contribution in [3.8, 4) is 0 Å². The van der Waals surface area contributed by atoms with Gasteiger partial charge in [0.05, 0.1) is 13.1 Å². The fourth-order valence-electron chi connectivity index (χ4n) is 3.11. The molecule has 1 saturated carbocycles. The second-order valence-corrected chi connectivity index (χ2v) is 6.30. The van der Waals surface area contributed by atoms with Crippen molar-refractivity contribution in [2.75, 3.05) is 19.6 Å². The van der Waals surface area contributed by atoms with E-state index in [9.17, 15) is 18.0 Å². The molecule has 0 aromatic rings. The standard InChI is InChI=1S/C14H25F3N2O/c1-11(2)7-13(5-3-4-6-13)9-19-12(20)8-18-10-14(15,16)17/h11,18H,3-10H2,1-2H3,(H,19,20). The number of carbonyl (C=O) groups is 1. The highest BCUT2D eigenvalue weighted by atomic mass is 19.4. The molecule has 1 rings (SSSR count). The van der Waals surface area contributed by atoms with E-state index in [2.05, 4.69) is 24.5 Å². The summed E-state index contributed by atoms with van der Waals surface area (Å²) in [5, 5.41) is 4.91. The fourth-order valence-corrected chi connectivity index (χ4v) is 3.11. The van der Waals surface area contributed by atoms with Crippen LogP contribution in [0.5, 0.6) is 0 Å². The topological polar surface area (TPSA) is 41.1 Å². The summed E-state index contributed by atoms with van der Waals surface area (Å²) in [5.41, 5.74) is 0.147. The Hall–Kier alpha value is -0.780. The first-order chi connectivity index (χ1) is 9.22. The van der Waals surface area contributed by atoms with Crippen LogP contribution in [0.1, 0.15) is 46.0 Å². The van der Waals surface area contributed by atoms with Crippen molar-refractivity contribution in [1.82, 2.24) is 10.6 Å². The minimum atomic E-state index is -4.27. The molecular weight excluding hydrogens is 269 g/mol. The zero-order valence-corrected chi connectivity index (χ0v) is 12.3. The average molecular weight is 294 g/mol. The summed E-state index contributed by atoms with van der Waals surface area (Å²) in [6, 6.07) is 0. The van der Waals surface area contributed by atoms with Gasteiger partial charge in [0.2, 0.25) is 5.91 Å². The molecule has 1 amide bonds. The van der Waals surface area contributed by atoms with Crippen molar-refractivity contribution in [3.05, 3.63) is 0 Å². The largest absolute Gasteiger partial charge is 0.401 e. The van der Waals surface area contributed by atoms with Gasteiger partial charge in [-0.15, -0.1) is 0 Å². The number of rotatable bonds is 7. The number of halogens is 3.